The Morgan fingerprint density at radius 1 is 1.42 bits per heavy atom. The number of nitrogens with zero attached hydrogens (tertiary/aromatic N) is 2. The average molecular weight is 262 g/mol. The molecule has 0 unspecified atom stereocenters. The summed E-state index contributed by atoms with van der Waals surface area (Å²) in [5.74, 6) is -1.14. The first-order chi connectivity index (χ1) is 8.90. The fourth-order valence-corrected chi connectivity index (χ4v) is 1.85. The van der Waals surface area contributed by atoms with Crippen LogP contribution in [-0.4, -0.2) is 15.7 Å². The third kappa shape index (κ3) is 2.42. The zero-order chi connectivity index (χ0) is 14.2. The second-order valence-electron chi connectivity index (χ2n) is 4.36. The predicted molar refractivity (Wildman–Crippen MR) is 71.4 cm³/mol. The SMILES string of the molecule is Cc1nn(C)c(C)c1NC(=O)c1cc(N)ccc1F. The van der Waals surface area contributed by atoms with Gasteiger partial charge in [-0.25, -0.2) is 4.39 Å². The first-order valence-electron chi connectivity index (χ1n) is 5.76. The molecule has 19 heavy (non-hydrogen) atoms. The Morgan fingerprint density at radius 3 is 2.68 bits per heavy atom. The van der Waals surface area contributed by atoms with Gasteiger partial charge in [-0.3, -0.25) is 9.48 Å². The van der Waals surface area contributed by atoms with Crippen LogP contribution in [0.2, 0.25) is 0 Å². The van der Waals surface area contributed by atoms with E-state index >= 15 is 0 Å². The molecule has 0 aliphatic heterocycles. The van der Waals surface area contributed by atoms with Crippen molar-refractivity contribution < 1.29 is 9.18 Å². The molecule has 3 N–H and O–H groups in total. The van der Waals surface area contributed by atoms with Crippen LogP contribution in [0.3, 0.4) is 0 Å². The van der Waals surface area contributed by atoms with Crippen LogP contribution in [0.1, 0.15) is 21.7 Å². The largest absolute Gasteiger partial charge is 0.399 e. The maximum atomic E-state index is 13.6. The Hall–Kier alpha value is -2.37. The zero-order valence-corrected chi connectivity index (χ0v) is 11.0. The van der Waals surface area contributed by atoms with E-state index in [0.717, 1.165) is 5.69 Å². The summed E-state index contributed by atoms with van der Waals surface area (Å²) in [4.78, 5) is 12.1. The summed E-state index contributed by atoms with van der Waals surface area (Å²) in [6.07, 6.45) is 0. The molecule has 1 aromatic carbocycles. The number of halogens is 1. The first kappa shape index (κ1) is 13.1. The van der Waals surface area contributed by atoms with Crippen LogP contribution < -0.4 is 11.1 Å². The summed E-state index contributed by atoms with van der Waals surface area (Å²) in [5.41, 5.74) is 7.89. The highest BCUT2D eigenvalue weighted by Crippen LogP contribution is 2.20. The highest BCUT2D eigenvalue weighted by atomic mass is 19.1. The lowest BCUT2D eigenvalue weighted by atomic mass is 10.1. The topological polar surface area (TPSA) is 72.9 Å². The van der Waals surface area contributed by atoms with E-state index in [1.807, 2.05) is 6.92 Å². The third-order valence-electron chi connectivity index (χ3n) is 2.98. The molecule has 2 aromatic rings. The van der Waals surface area contributed by atoms with Crippen LogP contribution >= 0.6 is 0 Å². The van der Waals surface area contributed by atoms with E-state index in [1.165, 1.54) is 18.2 Å². The minimum Gasteiger partial charge on any atom is -0.399 e. The molecular formula is C13H15FN4O. The quantitative estimate of drug-likeness (QED) is 0.813. The Morgan fingerprint density at radius 2 is 2.11 bits per heavy atom. The first-order valence-corrected chi connectivity index (χ1v) is 5.76. The number of nitrogens with two attached hydrogens (primary N) is 1. The van der Waals surface area contributed by atoms with Crippen molar-refractivity contribution in [3.63, 3.8) is 0 Å². The molecule has 0 atom stereocenters. The number of hydrogen-bond acceptors (Lipinski definition) is 3. The second kappa shape index (κ2) is 4.72. The lowest BCUT2D eigenvalue weighted by Gasteiger charge is -2.07. The van der Waals surface area contributed by atoms with Gasteiger partial charge in [0.15, 0.2) is 0 Å². The third-order valence-corrected chi connectivity index (χ3v) is 2.98. The van der Waals surface area contributed by atoms with Gasteiger partial charge in [-0.15, -0.1) is 0 Å². The van der Waals surface area contributed by atoms with E-state index in [0.29, 0.717) is 17.1 Å². The second-order valence-corrected chi connectivity index (χ2v) is 4.36. The molecule has 2 rings (SSSR count). The lowest BCUT2D eigenvalue weighted by molar-refractivity contribution is 0.102. The van der Waals surface area contributed by atoms with Crippen LogP contribution in [0.25, 0.3) is 0 Å². The Kier molecular flexibility index (Phi) is 3.25. The monoisotopic (exact) mass is 262 g/mol. The highest BCUT2D eigenvalue weighted by molar-refractivity contribution is 6.05. The van der Waals surface area contributed by atoms with Crippen LogP contribution in [0.5, 0.6) is 0 Å². The van der Waals surface area contributed by atoms with Crippen molar-refractivity contribution in [1.82, 2.24) is 9.78 Å². The number of carbonyl (C=O) groups is 1. The molecule has 6 heteroatoms. The fraction of sp³-hybridized carbons (Fsp3) is 0.231. The highest BCUT2D eigenvalue weighted by Gasteiger charge is 2.16. The molecule has 0 aliphatic carbocycles. The molecule has 0 aliphatic rings. The number of benzene rings is 1. The van der Waals surface area contributed by atoms with Crippen LogP contribution in [0, 0.1) is 19.7 Å². The molecule has 0 bridgehead atoms. The van der Waals surface area contributed by atoms with Crippen LogP contribution in [-0.2, 0) is 7.05 Å². The van der Waals surface area contributed by atoms with Crippen molar-refractivity contribution in [2.24, 2.45) is 7.05 Å². The number of anilines is 2. The Balaban J connectivity index is 2.33. The number of carbonyl (C=O) groups excluding carboxylic acids is 1. The minimum absolute atomic E-state index is 0.0809. The number of aryl methyl sites for hydroxylation is 2. The fourth-order valence-electron chi connectivity index (χ4n) is 1.85. The summed E-state index contributed by atoms with van der Waals surface area (Å²) in [7, 11) is 1.78. The van der Waals surface area contributed by atoms with Crippen molar-refractivity contribution >= 4 is 17.3 Å². The van der Waals surface area contributed by atoms with Gasteiger partial charge in [0, 0.05) is 12.7 Å². The molecule has 5 nitrogen and oxygen atoms in total. The van der Waals surface area contributed by atoms with Crippen molar-refractivity contribution in [3.8, 4) is 0 Å². The van der Waals surface area contributed by atoms with Crippen molar-refractivity contribution in [1.29, 1.82) is 0 Å². The van der Waals surface area contributed by atoms with E-state index < -0.39 is 11.7 Å². The van der Waals surface area contributed by atoms with Crippen LogP contribution in [0.15, 0.2) is 18.2 Å². The zero-order valence-electron chi connectivity index (χ0n) is 11.0. The van der Waals surface area contributed by atoms with Gasteiger partial charge in [0.25, 0.3) is 5.91 Å². The van der Waals surface area contributed by atoms with Crippen LogP contribution in [0.4, 0.5) is 15.8 Å². The molecule has 0 saturated carbocycles. The summed E-state index contributed by atoms with van der Waals surface area (Å²) in [6.45, 7) is 3.60. The van der Waals surface area contributed by atoms with Crippen molar-refractivity contribution in [3.05, 3.63) is 41.0 Å². The standard InChI is InChI=1S/C13H15FN4O/c1-7-12(8(2)18(3)17-7)16-13(19)10-6-9(15)4-5-11(10)14/h4-6H,15H2,1-3H3,(H,16,19). The molecular weight excluding hydrogens is 247 g/mol. The molecule has 1 heterocycles. The molecule has 0 fully saturated rings. The van der Waals surface area contributed by atoms with Gasteiger partial charge in [-0.2, -0.15) is 5.10 Å². The number of hydrogen-bond donors (Lipinski definition) is 2. The predicted octanol–water partition coefficient (Wildman–Crippen LogP) is 2.01. The molecule has 1 amide bonds. The molecule has 1 aromatic heterocycles. The average Bonchev–Trinajstić information content (AvgIpc) is 2.59. The van der Waals surface area contributed by atoms with Gasteiger partial charge >= 0.3 is 0 Å². The van der Waals surface area contributed by atoms with Gasteiger partial charge < -0.3 is 11.1 Å². The van der Waals surface area contributed by atoms with E-state index in [9.17, 15) is 9.18 Å². The number of nitrogen functional groups attached to an aromatic ring is 1. The maximum Gasteiger partial charge on any atom is 0.258 e. The lowest BCUT2D eigenvalue weighted by Crippen LogP contribution is -2.15. The minimum atomic E-state index is -0.606. The summed E-state index contributed by atoms with van der Waals surface area (Å²) in [5, 5.41) is 6.85. The van der Waals surface area contributed by atoms with E-state index in [4.69, 9.17) is 5.73 Å². The normalized spacial score (nSPS) is 10.5. The van der Waals surface area contributed by atoms with E-state index in [-0.39, 0.29) is 5.56 Å². The van der Waals surface area contributed by atoms with Gasteiger partial charge in [-0.05, 0) is 32.0 Å². The van der Waals surface area contributed by atoms with E-state index in [1.54, 1.807) is 18.7 Å². The molecule has 100 valence electrons. The number of nitrogens with one attached hydrogen (secondary N) is 1. The number of aromatic nitrogens is 2. The summed E-state index contributed by atoms with van der Waals surface area (Å²) in [6, 6.07) is 3.89. The van der Waals surface area contributed by atoms with Gasteiger partial charge in [0.05, 0.1) is 22.6 Å². The van der Waals surface area contributed by atoms with Gasteiger partial charge in [-0.1, -0.05) is 0 Å². The summed E-state index contributed by atoms with van der Waals surface area (Å²) >= 11 is 0. The molecule has 0 saturated heterocycles. The van der Waals surface area contributed by atoms with E-state index in [2.05, 4.69) is 10.4 Å². The number of amides is 1. The number of rotatable bonds is 2. The smallest absolute Gasteiger partial charge is 0.258 e. The van der Waals surface area contributed by atoms with Gasteiger partial charge in [0.1, 0.15) is 5.82 Å². The Bertz CT molecular complexity index is 648. The maximum absolute atomic E-state index is 13.6. The summed E-state index contributed by atoms with van der Waals surface area (Å²) < 4.78 is 15.2. The van der Waals surface area contributed by atoms with Crippen molar-refractivity contribution in [2.45, 2.75) is 13.8 Å². The Labute approximate surface area is 110 Å². The molecule has 0 radical (unpaired) electrons. The molecule has 0 spiro atoms. The van der Waals surface area contributed by atoms with Gasteiger partial charge in [0.2, 0.25) is 0 Å². The van der Waals surface area contributed by atoms with Crippen molar-refractivity contribution in [2.75, 3.05) is 11.1 Å².